The molecule has 0 aromatic heterocycles. The van der Waals surface area contributed by atoms with E-state index in [1.807, 2.05) is 6.07 Å². The molecule has 0 aliphatic heterocycles. The highest BCUT2D eigenvalue weighted by Gasteiger charge is 2.32. The first-order valence-corrected chi connectivity index (χ1v) is 8.50. The minimum absolute atomic E-state index is 0. The SMILES string of the molecule is Cl.NCC1(CC(=O)NCc2cccc(OCC(F)F)c2)CCCCC1. The molecule has 0 bridgehead atoms. The van der Waals surface area contributed by atoms with Gasteiger partial charge in [-0.2, -0.15) is 0 Å². The standard InChI is InChI=1S/C18H26F2N2O2.ClH/c19-16(20)12-24-15-6-4-5-14(9-15)11-22-17(23)10-18(13-21)7-2-1-3-8-18;/h4-6,9,16H,1-3,7-8,10-13,21H2,(H,22,23);1H. The number of hydrogen-bond acceptors (Lipinski definition) is 3. The average molecular weight is 377 g/mol. The monoisotopic (exact) mass is 376 g/mol. The zero-order chi connectivity index (χ0) is 17.4. The first kappa shape index (κ1) is 21.6. The molecule has 0 heterocycles. The molecule has 2 rings (SSSR count). The maximum Gasteiger partial charge on any atom is 0.272 e. The van der Waals surface area contributed by atoms with E-state index in [0.29, 0.717) is 25.3 Å². The van der Waals surface area contributed by atoms with Gasteiger partial charge in [0.15, 0.2) is 0 Å². The summed E-state index contributed by atoms with van der Waals surface area (Å²) in [4.78, 5) is 12.3. The van der Waals surface area contributed by atoms with Crippen LogP contribution in [0.2, 0.25) is 0 Å². The van der Waals surface area contributed by atoms with E-state index in [1.165, 1.54) is 6.42 Å². The van der Waals surface area contributed by atoms with Crippen LogP contribution in [0.1, 0.15) is 44.1 Å². The van der Waals surface area contributed by atoms with Crippen LogP contribution in [0.5, 0.6) is 5.75 Å². The van der Waals surface area contributed by atoms with Crippen LogP contribution >= 0.6 is 12.4 Å². The molecular weight excluding hydrogens is 350 g/mol. The van der Waals surface area contributed by atoms with Crippen LogP contribution in [-0.2, 0) is 11.3 Å². The van der Waals surface area contributed by atoms with Crippen molar-refractivity contribution >= 4 is 18.3 Å². The minimum atomic E-state index is -2.50. The number of carbonyl (C=O) groups excluding carboxylic acids is 1. The fraction of sp³-hybridized carbons (Fsp3) is 0.611. The Labute approximate surface area is 153 Å². The molecule has 1 saturated carbocycles. The van der Waals surface area contributed by atoms with Crippen molar-refractivity contribution in [3.05, 3.63) is 29.8 Å². The molecule has 1 amide bonds. The van der Waals surface area contributed by atoms with Gasteiger partial charge in [-0.1, -0.05) is 31.4 Å². The molecule has 1 aliphatic rings. The summed E-state index contributed by atoms with van der Waals surface area (Å²) in [6, 6.07) is 6.85. The Morgan fingerprint density at radius 2 is 2.00 bits per heavy atom. The molecule has 0 unspecified atom stereocenters. The summed E-state index contributed by atoms with van der Waals surface area (Å²) in [5.74, 6) is 0.369. The lowest BCUT2D eigenvalue weighted by molar-refractivity contribution is -0.124. The summed E-state index contributed by atoms with van der Waals surface area (Å²) in [5, 5.41) is 2.90. The predicted molar refractivity (Wildman–Crippen MR) is 96.2 cm³/mol. The number of amides is 1. The van der Waals surface area contributed by atoms with E-state index in [0.717, 1.165) is 31.2 Å². The van der Waals surface area contributed by atoms with E-state index in [4.69, 9.17) is 10.5 Å². The van der Waals surface area contributed by atoms with Gasteiger partial charge in [0, 0.05) is 13.0 Å². The molecule has 7 heteroatoms. The van der Waals surface area contributed by atoms with Gasteiger partial charge in [-0.05, 0) is 42.5 Å². The van der Waals surface area contributed by atoms with Crippen molar-refractivity contribution in [3.63, 3.8) is 0 Å². The molecule has 0 saturated heterocycles. The van der Waals surface area contributed by atoms with E-state index in [2.05, 4.69) is 5.32 Å². The summed E-state index contributed by atoms with van der Waals surface area (Å²) in [5.41, 5.74) is 6.67. The lowest BCUT2D eigenvalue weighted by atomic mass is 9.71. The van der Waals surface area contributed by atoms with Crippen LogP contribution in [-0.4, -0.2) is 25.5 Å². The zero-order valence-corrected chi connectivity index (χ0v) is 15.1. The lowest BCUT2D eigenvalue weighted by Crippen LogP contribution is -2.38. The number of benzene rings is 1. The molecule has 1 fully saturated rings. The Bertz CT molecular complexity index is 538. The number of nitrogens with one attached hydrogen (secondary N) is 1. The van der Waals surface area contributed by atoms with Gasteiger partial charge in [-0.15, -0.1) is 12.4 Å². The van der Waals surface area contributed by atoms with E-state index in [9.17, 15) is 13.6 Å². The number of ether oxygens (including phenoxy) is 1. The second-order valence-electron chi connectivity index (χ2n) is 6.57. The van der Waals surface area contributed by atoms with Gasteiger partial charge >= 0.3 is 0 Å². The average Bonchev–Trinajstić information content (AvgIpc) is 2.59. The maximum absolute atomic E-state index is 12.3. The summed E-state index contributed by atoms with van der Waals surface area (Å²) in [7, 11) is 0. The minimum Gasteiger partial charge on any atom is -0.488 e. The van der Waals surface area contributed by atoms with Gasteiger partial charge in [0.2, 0.25) is 5.91 Å². The van der Waals surface area contributed by atoms with Crippen molar-refractivity contribution in [2.24, 2.45) is 11.1 Å². The van der Waals surface area contributed by atoms with Crippen LogP contribution in [0.15, 0.2) is 24.3 Å². The second kappa shape index (κ2) is 10.6. The molecule has 25 heavy (non-hydrogen) atoms. The Morgan fingerprint density at radius 1 is 1.28 bits per heavy atom. The van der Waals surface area contributed by atoms with Crippen molar-refractivity contribution < 1.29 is 18.3 Å². The van der Waals surface area contributed by atoms with Gasteiger partial charge in [0.05, 0.1) is 0 Å². The predicted octanol–water partition coefficient (Wildman–Crippen LogP) is 3.67. The third-order valence-corrected chi connectivity index (χ3v) is 4.65. The van der Waals surface area contributed by atoms with Gasteiger partial charge in [0.25, 0.3) is 6.43 Å². The van der Waals surface area contributed by atoms with E-state index < -0.39 is 13.0 Å². The second-order valence-corrected chi connectivity index (χ2v) is 6.57. The number of alkyl halides is 2. The molecule has 0 spiro atoms. The first-order chi connectivity index (χ1) is 11.5. The Morgan fingerprint density at radius 3 is 2.64 bits per heavy atom. The molecule has 4 nitrogen and oxygen atoms in total. The van der Waals surface area contributed by atoms with Crippen LogP contribution in [0.25, 0.3) is 0 Å². The smallest absolute Gasteiger partial charge is 0.272 e. The Balaban J connectivity index is 0.00000312. The largest absolute Gasteiger partial charge is 0.488 e. The van der Waals surface area contributed by atoms with Gasteiger partial charge in [-0.25, -0.2) is 8.78 Å². The molecule has 3 N–H and O–H groups in total. The van der Waals surface area contributed by atoms with Crippen molar-refractivity contribution in [3.8, 4) is 5.75 Å². The highest BCUT2D eigenvalue weighted by atomic mass is 35.5. The summed E-state index contributed by atoms with van der Waals surface area (Å²) < 4.78 is 29.3. The summed E-state index contributed by atoms with van der Waals surface area (Å²) >= 11 is 0. The van der Waals surface area contributed by atoms with Crippen molar-refractivity contribution in [2.45, 2.75) is 51.5 Å². The van der Waals surface area contributed by atoms with Crippen LogP contribution in [0, 0.1) is 5.41 Å². The number of hydrogen-bond donors (Lipinski definition) is 2. The van der Waals surface area contributed by atoms with Crippen LogP contribution in [0.3, 0.4) is 0 Å². The topological polar surface area (TPSA) is 64.4 Å². The molecule has 1 aliphatic carbocycles. The summed E-state index contributed by atoms with van der Waals surface area (Å²) in [6.07, 6.45) is 3.44. The lowest BCUT2D eigenvalue weighted by Gasteiger charge is -2.35. The van der Waals surface area contributed by atoms with E-state index in [-0.39, 0.29) is 23.7 Å². The van der Waals surface area contributed by atoms with Gasteiger partial charge in [-0.3, -0.25) is 4.79 Å². The molecule has 0 atom stereocenters. The Hall–Kier alpha value is -1.40. The molecule has 0 radical (unpaired) electrons. The highest BCUT2D eigenvalue weighted by Crippen LogP contribution is 2.38. The summed E-state index contributed by atoms with van der Waals surface area (Å²) in [6.45, 7) is 0.261. The fourth-order valence-corrected chi connectivity index (χ4v) is 3.26. The Kier molecular flexibility index (Phi) is 9.14. The maximum atomic E-state index is 12.3. The number of rotatable bonds is 8. The van der Waals surface area contributed by atoms with Gasteiger partial charge in [0.1, 0.15) is 12.4 Å². The third kappa shape index (κ3) is 7.16. The number of nitrogens with two attached hydrogens (primary N) is 1. The fourth-order valence-electron chi connectivity index (χ4n) is 3.26. The van der Waals surface area contributed by atoms with Crippen molar-refractivity contribution in [1.29, 1.82) is 0 Å². The number of carbonyl (C=O) groups is 1. The molecule has 142 valence electrons. The van der Waals surface area contributed by atoms with Gasteiger partial charge < -0.3 is 15.8 Å². The van der Waals surface area contributed by atoms with Crippen LogP contribution < -0.4 is 15.8 Å². The van der Waals surface area contributed by atoms with Crippen molar-refractivity contribution in [1.82, 2.24) is 5.32 Å². The zero-order valence-electron chi connectivity index (χ0n) is 14.3. The van der Waals surface area contributed by atoms with E-state index >= 15 is 0 Å². The van der Waals surface area contributed by atoms with Crippen LogP contribution in [0.4, 0.5) is 8.78 Å². The molecular formula is C18H27ClF2N2O2. The number of halogens is 3. The first-order valence-electron chi connectivity index (χ1n) is 8.50. The molecule has 1 aromatic carbocycles. The third-order valence-electron chi connectivity index (χ3n) is 4.65. The quantitative estimate of drug-likeness (QED) is 0.727. The molecule has 1 aromatic rings. The van der Waals surface area contributed by atoms with E-state index in [1.54, 1.807) is 18.2 Å². The normalized spacial score (nSPS) is 16.2. The van der Waals surface area contributed by atoms with Crippen molar-refractivity contribution in [2.75, 3.05) is 13.2 Å². The highest BCUT2D eigenvalue weighted by molar-refractivity contribution is 5.85.